The number of amides is 1. The van der Waals surface area contributed by atoms with E-state index in [0.717, 1.165) is 11.1 Å². The highest BCUT2D eigenvalue weighted by Gasteiger charge is 2.37. The minimum absolute atomic E-state index is 0.0409. The van der Waals surface area contributed by atoms with Crippen LogP contribution in [0.15, 0.2) is 42.5 Å². The highest BCUT2D eigenvalue weighted by molar-refractivity contribution is 5.96. The molecule has 24 heavy (non-hydrogen) atoms. The van der Waals surface area contributed by atoms with Crippen LogP contribution in [0.3, 0.4) is 0 Å². The smallest absolute Gasteiger partial charge is 0.254 e. The van der Waals surface area contributed by atoms with E-state index in [1.165, 1.54) is 4.90 Å². The van der Waals surface area contributed by atoms with Crippen LogP contribution in [0.25, 0.3) is 0 Å². The van der Waals surface area contributed by atoms with E-state index in [2.05, 4.69) is 0 Å². The molecule has 0 saturated carbocycles. The first kappa shape index (κ1) is 16.3. The molecule has 0 spiro atoms. The summed E-state index contributed by atoms with van der Waals surface area (Å²) < 4.78 is 20.0. The number of nitrogens with zero attached hydrogens (tertiary/aromatic N) is 1. The molecule has 0 aliphatic carbocycles. The van der Waals surface area contributed by atoms with Crippen LogP contribution in [0.2, 0.25) is 0 Å². The van der Waals surface area contributed by atoms with Crippen LogP contribution in [0.4, 0.5) is 10.1 Å². The molecule has 0 aromatic heterocycles. The van der Waals surface area contributed by atoms with Crippen molar-refractivity contribution in [1.29, 1.82) is 0 Å². The van der Waals surface area contributed by atoms with E-state index in [4.69, 9.17) is 10.5 Å². The fourth-order valence-electron chi connectivity index (χ4n) is 2.91. The molecule has 4 nitrogen and oxygen atoms in total. The third-order valence-electron chi connectivity index (χ3n) is 4.25. The monoisotopic (exact) mass is 328 g/mol. The summed E-state index contributed by atoms with van der Waals surface area (Å²) in [5.74, 6) is 0.362. The molecule has 1 aliphatic rings. The molecule has 126 valence electrons. The van der Waals surface area contributed by atoms with Crippen molar-refractivity contribution in [2.45, 2.75) is 26.1 Å². The highest BCUT2D eigenvalue weighted by Crippen LogP contribution is 2.24. The fourth-order valence-corrected chi connectivity index (χ4v) is 2.91. The number of hydrogen-bond donors (Lipinski definition) is 1. The predicted molar refractivity (Wildman–Crippen MR) is 92.0 cm³/mol. The lowest BCUT2D eigenvalue weighted by Gasteiger charge is -2.18. The summed E-state index contributed by atoms with van der Waals surface area (Å²) in [6, 6.07) is 12.6. The number of carbonyl (C=O) groups is 1. The molecule has 1 fully saturated rings. The van der Waals surface area contributed by atoms with Crippen molar-refractivity contribution < 1.29 is 13.9 Å². The number of anilines is 1. The fraction of sp³-hybridized carbons (Fsp3) is 0.316. The summed E-state index contributed by atoms with van der Waals surface area (Å²) in [4.78, 5) is 14.2. The van der Waals surface area contributed by atoms with E-state index >= 15 is 0 Å². The molecule has 2 N–H and O–H groups in total. The van der Waals surface area contributed by atoms with Crippen molar-refractivity contribution in [3.63, 3.8) is 0 Å². The minimum atomic E-state index is -1.22. The standard InChI is InChI=1S/C19H21FN2O2/c1-12-6-7-13(2)16(8-12)19(23)22-10-17(20)18(11-22)24-15-5-3-4-14(21)9-15/h3-9,17-18H,10-11,21H2,1-2H3. The maximum Gasteiger partial charge on any atom is 0.254 e. The Labute approximate surface area is 141 Å². The number of alkyl halides is 1. The Hall–Kier alpha value is -2.56. The van der Waals surface area contributed by atoms with Crippen LogP contribution in [-0.4, -0.2) is 36.2 Å². The predicted octanol–water partition coefficient (Wildman–Crippen LogP) is 3.13. The van der Waals surface area contributed by atoms with Crippen molar-refractivity contribution in [3.8, 4) is 5.75 Å². The van der Waals surface area contributed by atoms with Crippen LogP contribution in [0.1, 0.15) is 21.5 Å². The third-order valence-corrected chi connectivity index (χ3v) is 4.25. The zero-order chi connectivity index (χ0) is 17.3. The van der Waals surface area contributed by atoms with Gasteiger partial charge in [-0.25, -0.2) is 4.39 Å². The first-order valence-electron chi connectivity index (χ1n) is 7.97. The molecular formula is C19H21FN2O2. The van der Waals surface area contributed by atoms with E-state index < -0.39 is 12.3 Å². The van der Waals surface area contributed by atoms with Crippen LogP contribution < -0.4 is 10.5 Å². The Balaban J connectivity index is 1.73. The molecule has 3 rings (SSSR count). The van der Waals surface area contributed by atoms with Gasteiger partial charge in [0.05, 0.1) is 13.1 Å². The lowest BCUT2D eigenvalue weighted by atomic mass is 10.0. The number of nitrogens with two attached hydrogens (primary N) is 1. The van der Waals surface area contributed by atoms with E-state index in [1.807, 2.05) is 32.0 Å². The normalized spacial score (nSPS) is 20.2. The first-order chi connectivity index (χ1) is 11.4. The van der Waals surface area contributed by atoms with Gasteiger partial charge in [0.15, 0.2) is 6.17 Å². The molecule has 0 bridgehead atoms. The Morgan fingerprint density at radius 2 is 2.00 bits per heavy atom. The van der Waals surface area contributed by atoms with Crippen LogP contribution >= 0.6 is 0 Å². The van der Waals surface area contributed by atoms with Gasteiger partial charge >= 0.3 is 0 Å². The van der Waals surface area contributed by atoms with Crippen molar-refractivity contribution in [2.75, 3.05) is 18.8 Å². The number of benzene rings is 2. The number of hydrogen-bond acceptors (Lipinski definition) is 3. The average Bonchev–Trinajstić information content (AvgIpc) is 2.90. The lowest BCUT2D eigenvalue weighted by molar-refractivity contribution is 0.0771. The summed E-state index contributed by atoms with van der Waals surface area (Å²) in [5.41, 5.74) is 8.79. The lowest BCUT2D eigenvalue weighted by Crippen LogP contribution is -2.31. The van der Waals surface area contributed by atoms with Crippen LogP contribution in [-0.2, 0) is 0 Å². The number of aryl methyl sites for hydroxylation is 2. The largest absolute Gasteiger partial charge is 0.485 e. The first-order valence-corrected chi connectivity index (χ1v) is 7.97. The zero-order valence-corrected chi connectivity index (χ0v) is 13.8. The quantitative estimate of drug-likeness (QED) is 0.881. The second-order valence-corrected chi connectivity index (χ2v) is 6.27. The summed E-state index contributed by atoms with van der Waals surface area (Å²) in [5, 5.41) is 0. The molecule has 1 aliphatic heterocycles. The molecule has 2 aromatic carbocycles. The number of likely N-dealkylation sites (tertiary alicyclic amines) is 1. The van der Waals surface area contributed by atoms with E-state index in [-0.39, 0.29) is 19.0 Å². The average molecular weight is 328 g/mol. The van der Waals surface area contributed by atoms with Crippen LogP contribution in [0, 0.1) is 13.8 Å². The van der Waals surface area contributed by atoms with E-state index in [9.17, 15) is 9.18 Å². The Morgan fingerprint density at radius 3 is 2.75 bits per heavy atom. The molecule has 2 unspecified atom stereocenters. The molecule has 2 aromatic rings. The summed E-state index contributed by atoms with van der Waals surface area (Å²) >= 11 is 0. The maximum atomic E-state index is 14.3. The van der Waals surface area contributed by atoms with Crippen molar-refractivity contribution >= 4 is 11.6 Å². The summed E-state index contributed by atoms with van der Waals surface area (Å²) in [7, 11) is 0. The van der Waals surface area contributed by atoms with Gasteiger partial charge in [-0.2, -0.15) is 0 Å². The number of ether oxygens (including phenoxy) is 1. The summed E-state index contributed by atoms with van der Waals surface area (Å²) in [6.45, 7) is 4.08. The van der Waals surface area contributed by atoms with E-state index in [0.29, 0.717) is 17.0 Å². The Kier molecular flexibility index (Phi) is 4.42. The number of halogens is 1. The highest BCUT2D eigenvalue weighted by atomic mass is 19.1. The molecule has 5 heteroatoms. The Morgan fingerprint density at radius 1 is 1.21 bits per heavy atom. The number of rotatable bonds is 3. The second kappa shape index (κ2) is 6.51. The van der Waals surface area contributed by atoms with Crippen molar-refractivity contribution in [2.24, 2.45) is 0 Å². The molecule has 1 amide bonds. The molecule has 0 radical (unpaired) electrons. The van der Waals surface area contributed by atoms with Gasteiger partial charge in [0.2, 0.25) is 0 Å². The zero-order valence-electron chi connectivity index (χ0n) is 13.8. The van der Waals surface area contributed by atoms with Gasteiger partial charge in [0, 0.05) is 17.3 Å². The van der Waals surface area contributed by atoms with Gasteiger partial charge in [0.1, 0.15) is 11.9 Å². The van der Waals surface area contributed by atoms with Gasteiger partial charge in [-0.15, -0.1) is 0 Å². The number of carbonyl (C=O) groups excluding carboxylic acids is 1. The summed E-state index contributed by atoms with van der Waals surface area (Å²) in [6.07, 6.45) is -1.90. The Bertz CT molecular complexity index is 763. The van der Waals surface area contributed by atoms with Gasteiger partial charge in [-0.05, 0) is 37.6 Å². The minimum Gasteiger partial charge on any atom is -0.485 e. The van der Waals surface area contributed by atoms with Gasteiger partial charge in [-0.3, -0.25) is 4.79 Å². The molecule has 2 atom stereocenters. The van der Waals surface area contributed by atoms with E-state index in [1.54, 1.807) is 24.3 Å². The molecular weight excluding hydrogens is 307 g/mol. The van der Waals surface area contributed by atoms with Gasteiger partial charge in [0.25, 0.3) is 5.91 Å². The van der Waals surface area contributed by atoms with Gasteiger partial charge < -0.3 is 15.4 Å². The SMILES string of the molecule is Cc1ccc(C)c(C(=O)N2CC(F)C(Oc3cccc(N)c3)C2)c1. The third kappa shape index (κ3) is 3.35. The topological polar surface area (TPSA) is 55.6 Å². The van der Waals surface area contributed by atoms with Crippen molar-refractivity contribution in [3.05, 3.63) is 59.2 Å². The molecule has 1 heterocycles. The maximum absolute atomic E-state index is 14.3. The molecule has 1 saturated heterocycles. The van der Waals surface area contributed by atoms with Crippen LogP contribution in [0.5, 0.6) is 5.75 Å². The van der Waals surface area contributed by atoms with Gasteiger partial charge in [-0.1, -0.05) is 23.8 Å². The number of nitrogen functional groups attached to an aromatic ring is 1. The van der Waals surface area contributed by atoms with Crippen molar-refractivity contribution in [1.82, 2.24) is 4.90 Å². The second-order valence-electron chi connectivity index (χ2n) is 6.27.